The van der Waals surface area contributed by atoms with Gasteiger partial charge in [0.25, 0.3) is 0 Å². The van der Waals surface area contributed by atoms with Crippen LogP contribution in [0.4, 0.5) is 0 Å². The Bertz CT molecular complexity index is 339. The average Bonchev–Trinajstić information content (AvgIpc) is 2.30. The van der Waals surface area contributed by atoms with E-state index in [-0.39, 0.29) is 11.9 Å². The van der Waals surface area contributed by atoms with Gasteiger partial charge in [-0.05, 0) is 26.1 Å². The summed E-state index contributed by atoms with van der Waals surface area (Å²) in [5.41, 5.74) is 6.47. The van der Waals surface area contributed by atoms with Crippen molar-refractivity contribution in [3.63, 3.8) is 0 Å². The SMILES string of the molecule is CC(CC(N)=NO)N(C)Cc1ccccn1. The first-order chi connectivity index (χ1) is 7.63. The lowest BCUT2D eigenvalue weighted by atomic mass is 10.2. The third-order valence-electron chi connectivity index (χ3n) is 2.52. The van der Waals surface area contributed by atoms with Crippen LogP contribution in [0.3, 0.4) is 0 Å². The number of rotatable bonds is 5. The van der Waals surface area contributed by atoms with Gasteiger partial charge in [0.2, 0.25) is 0 Å². The van der Waals surface area contributed by atoms with E-state index in [9.17, 15) is 0 Å². The lowest BCUT2D eigenvalue weighted by molar-refractivity contribution is 0.248. The summed E-state index contributed by atoms with van der Waals surface area (Å²) in [6.07, 6.45) is 2.32. The molecule has 1 rings (SSSR count). The van der Waals surface area contributed by atoms with Crippen molar-refractivity contribution in [1.29, 1.82) is 0 Å². The maximum absolute atomic E-state index is 8.49. The number of hydrogen-bond acceptors (Lipinski definition) is 4. The Morgan fingerprint density at radius 3 is 2.94 bits per heavy atom. The summed E-state index contributed by atoms with van der Waals surface area (Å²) in [6.45, 7) is 2.78. The molecule has 1 heterocycles. The highest BCUT2D eigenvalue weighted by Gasteiger charge is 2.11. The van der Waals surface area contributed by atoms with Crippen LogP contribution >= 0.6 is 0 Å². The minimum atomic E-state index is 0.206. The minimum absolute atomic E-state index is 0.206. The predicted molar refractivity (Wildman–Crippen MR) is 63.2 cm³/mol. The van der Waals surface area contributed by atoms with E-state index in [1.165, 1.54) is 0 Å². The number of amidine groups is 1. The number of nitrogens with two attached hydrogens (primary N) is 1. The van der Waals surface area contributed by atoms with E-state index in [1.54, 1.807) is 6.20 Å². The summed E-state index contributed by atoms with van der Waals surface area (Å²) in [5, 5.41) is 11.5. The van der Waals surface area contributed by atoms with Crippen molar-refractivity contribution in [2.24, 2.45) is 10.9 Å². The second kappa shape index (κ2) is 6.07. The number of oxime groups is 1. The van der Waals surface area contributed by atoms with Gasteiger partial charge in [0.15, 0.2) is 0 Å². The molecule has 0 bridgehead atoms. The molecule has 0 fully saturated rings. The summed E-state index contributed by atoms with van der Waals surface area (Å²) in [5.74, 6) is 0.250. The Labute approximate surface area is 95.6 Å². The molecule has 3 N–H and O–H groups in total. The molecule has 1 aromatic rings. The first-order valence-corrected chi connectivity index (χ1v) is 5.20. The Kier molecular flexibility index (Phi) is 4.72. The Hall–Kier alpha value is -1.62. The molecule has 16 heavy (non-hydrogen) atoms. The van der Waals surface area contributed by atoms with Crippen molar-refractivity contribution in [3.05, 3.63) is 30.1 Å². The highest BCUT2D eigenvalue weighted by molar-refractivity contribution is 5.80. The van der Waals surface area contributed by atoms with Crippen LogP contribution < -0.4 is 5.73 Å². The highest BCUT2D eigenvalue weighted by atomic mass is 16.4. The largest absolute Gasteiger partial charge is 0.409 e. The van der Waals surface area contributed by atoms with Crippen LogP contribution in [0.25, 0.3) is 0 Å². The summed E-state index contributed by atoms with van der Waals surface area (Å²) >= 11 is 0. The third kappa shape index (κ3) is 3.86. The fourth-order valence-corrected chi connectivity index (χ4v) is 1.40. The molecule has 0 aliphatic rings. The van der Waals surface area contributed by atoms with Crippen molar-refractivity contribution >= 4 is 5.84 Å². The fraction of sp³-hybridized carbons (Fsp3) is 0.455. The van der Waals surface area contributed by atoms with Gasteiger partial charge in [0, 0.05) is 25.2 Å². The molecule has 0 saturated heterocycles. The van der Waals surface area contributed by atoms with Crippen LogP contribution in [0, 0.1) is 0 Å². The van der Waals surface area contributed by atoms with Gasteiger partial charge < -0.3 is 10.9 Å². The van der Waals surface area contributed by atoms with Crippen LogP contribution in [-0.2, 0) is 6.54 Å². The van der Waals surface area contributed by atoms with Crippen LogP contribution in [0.1, 0.15) is 19.0 Å². The third-order valence-corrected chi connectivity index (χ3v) is 2.52. The molecule has 0 amide bonds. The van der Waals surface area contributed by atoms with Crippen LogP contribution in [0.2, 0.25) is 0 Å². The molecule has 0 spiro atoms. The van der Waals surface area contributed by atoms with E-state index in [1.807, 2.05) is 32.2 Å². The topological polar surface area (TPSA) is 74.7 Å². The Morgan fingerprint density at radius 1 is 1.62 bits per heavy atom. The molecule has 5 heteroatoms. The zero-order valence-corrected chi connectivity index (χ0v) is 9.67. The van der Waals surface area contributed by atoms with Gasteiger partial charge in [0.1, 0.15) is 5.84 Å². The molecular weight excluding hydrogens is 204 g/mol. The standard InChI is InChI=1S/C11H18N4O/c1-9(7-11(12)14-16)15(2)8-10-5-3-4-6-13-10/h3-6,9,16H,7-8H2,1-2H3,(H2,12,14). The highest BCUT2D eigenvalue weighted by Crippen LogP contribution is 2.06. The van der Waals surface area contributed by atoms with Crippen molar-refractivity contribution in [2.45, 2.75) is 25.9 Å². The lowest BCUT2D eigenvalue weighted by Crippen LogP contribution is -2.33. The first kappa shape index (κ1) is 12.4. The maximum atomic E-state index is 8.49. The molecular formula is C11H18N4O. The number of hydrogen-bond donors (Lipinski definition) is 2. The van der Waals surface area contributed by atoms with Crippen LogP contribution in [-0.4, -0.2) is 34.0 Å². The molecule has 1 atom stereocenters. The van der Waals surface area contributed by atoms with E-state index in [0.29, 0.717) is 6.42 Å². The van der Waals surface area contributed by atoms with E-state index >= 15 is 0 Å². The smallest absolute Gasteiger partial charge is 0.140 e. The Balaban J connectivity index is 2.49. The van der Waals surface area contributed by atoms with Gasteiger partial charge in [-0.1, -0.05) is 11.2 Å². The summed E-state index contributed by atoms with van der Waals surface area (Å²) in [7, 11) is 1.99. The number of nitrogens with zero attached hydrogens (tertiary/aromatic N) is 3. The quantitative estimate of drug-likeness (QED) is 0.338. The van der Waals surface area contributed by atoms with E-state index in [2.05, 4.69) is 15.0 Å². The molecule has 0 aliphatic carbocycles. The van der Waals surface area contributed by atoms with Gasteiger partial charge in [0.05, 0.1) is 5.69 Å². The molecule has 0 radical (unpaired) electrons. The Morgan fingerprint density at radius 2 is 2.38 bits per heavy atom. The van der Waals surface area contributed by atoms with E-state index in [0.717, 1.165) is 12.2 Å². The zero-order chi connectivity index (χ0) is 12.0. The average molecular weight is 222 g/mol. The molecule has 0 saturated carbocycles. The summed E-state index contributed by atoms with van der Waals surface area (Å²) < 4.78 is 0. The molecule has 0 aromatic carbocycles. The van der Waals surface area contributed by atoms with Crippen molar-refractivity contribution in [2.75, 3.05) is 7.05 Å². The van der Waals surface area contributed by atoms with Gasteiger partial charge >= 0.3 is 0 Å². The number of aromatic nitrogens is 1. The molecule has 0 aliphatic heterocycles. The van der Waals surface area contributed by atoms with Gasteiger partial charge in [-0.2, -0.15) is 0 Å². The fourth-order valence-electron chi connectivity index (χ4n) is 1.40. The molecule has 1 aromatic heterocycles. The summed E-state index contributed by atoms with van der Waals surface area (Å²) in [4.78, 5) is 6.36. The minimum Gasteiger partial charge on any atom is -0.409 e. The van der Waals surface area contributed by atoms with Gasteiger partial charge in [-0.15, -0.1) is 0 Å². The summed E-state index contributed by atoms with van der Waals surface area (Å²) in [6, 6.07) is 6.04. The lowest BCUT2D eigenvalue weighted by Gasteiger charge is -2.23. The van der Waals surface area contributed by atoms with Crippen molar-refractivity contribution in [1.82, 2.24) is 9.88 Å². The molecule has 5 nitrogen and oxygen atoms in total. The predicted octanol–water partition coefficient (Wildman–Crippen LogP) is 1.04. The van der Waals surface area contributed by atoms with Crippen LogP contribution in [0.5, 0.6) is 0 Å². The van der Waals surface area contributed by atoms with E-state index in [4.69, 9.17) is 10.9 Å². The van der Waals surface area contributed by atoms with Crippen LogP contribution in [0.15, 0.2) is 29.6 Å². The van der Waals surface area contributed by atoms with Crippen molar-refractivity contribution < 1.29 is 5.21 Å². The number of pyridine rings is 1. The van der Waals surface area contributed by atoms with Crippen molar-refractivity contribution in [3.8, 4) is 0 Å². The molecule has 1 unspecified atom stereocenters. The second-order valence-corrected chi connectivity index (χ2v) is 3.88. The zero-order valence-electron chi connectivity index (χ0n) is 9.67. The monoisotopic (exact) mass is 222 g/mol. The first-order valence-electron chi connectivity index (χ1n) is 5.20. The van der Waals surface area contributed by atoms with Gasteiger partial charge in [-0.25, -0.2) is 0 Å². The maximum Gasteiger partial charge on any atom is 0.140 e. The second-order valence-electron chi connectivity index (χ2n) is 3.88. The van der Waals surface area contributed by atoms with Gasteiger partial charge in [-0.3, -0.25) is 9.88 Å². The van der Waals surface area contributed by atoms with E-state index < -0.39 is 0 Å². The normalized spacial score (nSPS) is 14.1. The molecule has 88 valence electrons.